The van der Waals surface area contributed by atoms with Gasteiger partial charge < -0.3 is 25.4 Å². The summed E-state index contributed by atoms with van der Waals surface area (Å²) in [6.45, 7) is 9.18. The maximum absolute atomic E-state index is 11.7. The van der Waals surface area contributed by atoms with Crippen LogP contribution >= 0.6 is 0 Å². The summed E-state index contributed by atoms with van der Waals surface area (Å²) in [4.78, 5) is 13.9. The molecule has 1 rings (SSSR count). The zero-order valence-electron chi connectivity index (χ0n) is 13.9. The van der Waals surface area contributed by atoms with Gasteiger partial charge in [0.1, 0.15) is 5.60 Å². The second kappa shape index (κ2) is 8.56. The number of hydrogen-bond acceptors (Lipinski definition) is 5. The SMILES string of the molecule is CN(CC1CCCOC1)C(CN)CNC(=O)OC(C)(C)C. The van der Waals surface area contributed by atoms with Gasteiger partial charge in [-0.1, -0.05) is 0 Å². The van der Waals surface area contributed by atoms with E-state index in [4.69, 9.17) is 15.2 Å². The Morgan fingerprint density at radius 3 is 2.76 bits per heavy atom. The minimum Gasteiger partial charge on any atom is -0.444 e. The minimum atomic E-state index is -0.479. The van der Waals surface area contributed by atoms with E-state index in [0.717, 1.165) is 26.2 Å². The molecule has 1 amide bonds. The third-order valence-electron chi connectivity index (χ3n) is 3.58. The Labute approximate surface area is 128 Å². The molecule has 1 heterocycles. The van der Waals surface area contributed by atoms with Crippen LogP contribution in [0.3, 0.4) is 0 Å². The molecule has 1 saturated heterocycles. The molecule has 21 heavy (non-hydrogen) atoms. The van der Waals surface area contributed by atoms with Crippen LogP contribution in [0.4, 0.5) is 4.79 Å². The van der Waals surface area contributed by atoms with Gasteiger partial charge in [0.05, 0.1) is 6.61 Å². The van der Waals surface area contributed by atoms with E-state index in [1.807, 2.05) is 27.8 Å². The number of rotatable bonds is 6. The molecular weight excluding hydrogens is 270 g/mol. The van der Waals surface area contributed by atoms with Crippen molar-refractivity contribution in [1.29, 1.82) is 0 Å². The first-order chi connectivity index (χ1) is 9.81. The van der Waals surface area contributed by atoms with Crippen LogP contribution in [-0.2, 0) is 9.47 Å². The summed E-state index contributed by atoms with van der Waals surface area (Å²) in [6.07, 6.45) is 1.93. The van der Waals surface area contributed by atoms with E-state index in [-0.39, 0.29) is 6.04 Å². The Balaban J connectivity index is 2.33. The number of likely N-dealkylation sites (N-methyl/N-ethyl adjacent to an activating group) is 1. The second-order valence-corrected chi connectivity index (χ2v) is 6.80. The number of nitrogens with zero attached hydrogens (tertiary/aromatic N) is 1. The highest BCUT2D eigenvalue weighted by atomic mass is 16.6. The van der Waals surface area contributed by atoms with Crippen LogP contribution in [0.2, 0.25) is 0 Å². The van der Waals surface area contributed by atoms with Crippen molar-refractivity contribution in [2.24, 2.45) is 11.7 Å². The van der Waals surface area contributed by atoms with E-state index in [2.05, 4.69) is 10.2 Å². The van der Waals surface area contributed by atoms with Crippen molar-refractivity contribution in [2.45, 2.75) is 45.3 Å². The number of ether oxygens (including phenoxy) is 2. The van der Waals surface area contributed by atoms with Gasteiger partial charge in [-0.15, -0.1) is 0 Å². The van der Waals surface area contributed by atoms with Crippen molar-refractivity contribution < 1.29 is 14.3 Å². The summed E-state index contributed by atoms with van der Waals surface area (Å²) in [6, 6.07) is 0.111. The highest BCUT2D eigenvalue weighted by Gasteiger charge is 2.22. The van der Waals surface area contributed by atoms with Gasteiger partial charge in [0, 0.05) is 32.3 Å². The first kappa shape index (κ1) is 18.2. The Bertz CT molecular complexity index is 312. The number of carbonyl (C=O) groups excluding carboxylic acids is 1. The topological polar surface area (TPSA) is 76.8 Å². The average Bonchev–Trinajstić information content (AvgIpc) is 2.38. The number of nitrogens with one attached hydrogen (secondary N) is 1. The number of nitrogens with two attached hydrogens (primary N) is 1. The molecule has 0 aliphatic carbocycles. The van der Waals surface area contributed by atoms with Crippen molar-refractivity contribution in [3.8, 4) is 0 Å². The molecule has 0 aromatic rings. The van der Waals surface area contributed by atoms with E-state index in [0.29, 0.717) is 19.0 Å². The summed E-state index contributed by atoms with van der Waals surface area (Å²) in [5.41, 5.74) is 5.35. The minimum absolute atomic E-state index is 0.111. The summed E-state index contributed by atoms with van der Waals surface area (Å²) in [7, 11) is 2.04. The monoisotopic (exact) mass is 301 g/mol. The fraction of sp³-hybridized carbons (Fsp3) is 0.933. The molecule has 0 spiro atoms. The Hall–Kier alpha value is -0.850. The zero-order valence-corrected chi connectivity index (χ0v) is 13.9. The molecule has 6 heteroatoms. The average molecular weight is 301 g/mol. The molecular formula is C15H31N3O3. The van der Waals surface area contributed by atoms with E-state index in [1.54, 1.807) is 0 Å². The molecule has 2 atom stereocenters. The Morgan fingerprint density at radius 2 is 2.24 bits per heavy atom. The molecule has 1 fully saturated rings. The first-order valence-electron chi connectivity index (χ1n) is 7.76. The highest BCUT2D eigenvalue weighted by molar-refractivity contribution is 5.67. The molecule has 1 aliphatic heterocycles. The van der Waals surface area contributed by atoms with E-state index >= 15 is 0 Å². The second-order valence-electron chi connectivity index (χ2n) is 6.80. The molecule has 0 saturated carbocycles. The fourth-order valence-electron chi connectivity index (χ4n) is 2.44. The van der Waals surface area contributed by atoms with Gasteiger partial charge in [-0.25, -0.2) is 4.79 Å². The van der Waals surface area contributed by atoms with Gasteiger partial charge in [0.15, 0.2) is 0 Å². The number of alkyl carbamates (subject to hydrolysis) is 1. The van der Waals surface area contributed by atoms with Crippen molar-refractivity contribution in [3.63, 3.8) is 0 Å². The van der Waals surface area contributed by atoms with Gasteiger partial charge in [0.2, 0.25) is 0 Å². The van der Waals surface area contributed by atoms with Crippen LogP contribution < -0.4 is 11.1 Å². The van der Waals surface area contributed by atoms with Crippen molar-refractivity contribution in [2.75, 3.05) is 39.9 Å². The Morgan fingerprint density at radius 1 is 1.52 bits per heavy atom. The highest BCUT2D eigenvalue weighted by Crippen LogP contribution is 2.15. The summed E-state index contributed by atoms with van der Waals surface area (Å²) >= 11 is 0. The van der Waals surface area contributed by atoms with E-state index in [9.17, 15) is 4.79 Å². The van der Waals surface area contributed by atoms with Crippen molar-refractivity contribution >= 4 is 6.09 Å². The van der Waals surface area contributed by atoms with Crippen molar-refractivity contribution in [3.05, 3.63) is 0 Å². The quantitative estimate of drug-likeness (QED) is 0.771. The fourth-order valence-corrected chi connectivity index (χ4v) is 2.44. The molecule has 2 unspecified atom stereocenters. The summed E-state index contributed by atoms with van der Waals surface area (Å²) in [5, 5.41) is 2.79. The van der Waals surface area contributed by atoms with Gasteiger partial charge >= 0.3 is 6.09 Å². The first-order valence-corrected chi connectivity index (χ1v) is 7.76. The lowest BCUT2D eigenvalue weighted by Gasteiger charge is -2.32. The standard InChI is InChI=1S/C15H31N3O3/c1-15(2,3)21-14(19)17-9-13(8-16)18(4)10-12-6-5-7-20-11-12/h12-13H,5-11,16H2,1-4H3,(H,17,19). The lowest BCUT2D eigenvalue weighted by Crippen LogP contribution is -2.49. The van der Waals surface area contributed by atoms with Crippen LogP contribution in [0.5, 0.6) is 0 Å². The summed E-state index contributed by atoms with van der Waals surface area (Å²) < 4.78 is 10.7. The predicted molar refractivity (Wildman–Crippen MR) is 83.3 cm³/mol. The van der Waals surface area contributed by atoms with Gasteiger partial charge in [-0.2, -0.15) is 0 Å². The molecule has 0 bridgehead atoms. The largest absolute Gasteiger partial charge is 0.444 e. The smallest absolute Gasteiger partial charge is 0.407 e. The number of carbonyl (C=O) groups is 1. The number of hydrogen-bond donors (Lipinski definition) is 2. The lowest BCUT2D eigenvalue weighted by molar-refractivity contribution is 0.0346. The predicted octanol–water partition coefficient (Wildman–Crippen LogP) is 1.20. The molecule has 0 aromatic heterocycles. The van der Waals surface area contributed by atoms with Gasteiger partial charge in [-0.05, 0) is 46.6 Å². The zero-order chi connectivity index (χ0) is 15.9. The van der Waals surface area contributed by atoms with Crippen LogP contribution in [0, 0.1) is 5.92 Å². The molecule has 124 valence electrons. The van der Waals surface area contributed by atoms with Crippen LogP contribution in [0.15, 0.2) is 0 Å². The van der Waals surface area contributed by atoms with Gasteiger partial charge in [-0.3, -0.25) is 0 Å². The lowest BCUT2D eigenvalue weighted by atomic mass is 10.0. The maximum atomic E-state index is 11.7. The molecule has 0 radical (unpaired) electrons. The van der Waals surface area contributed by atoms with Crippen LogP contribution in [0.1, 0.15) is 33.6 Å². The number of amides is 1. The third-order valence-corrected chi connectivity index (χ3v) is 3.58. The normalized spacial score (nSPS) is 21.1. The Kier molecular flexibility index (Phi) is 7.42. The maximum Gasteiger partial charge on any atom is 0.407 e. The third kappa shape index (κ3) is 7.64. The van der Waals surface area contributed by atoms with Crippen LogP contribution in [0.25, 0.3) is 0 Å². The van der Waals surface area contributed by atoms with Crippen molar-refractivity contribution in [1.82, 2.24) is 10.2 Å². The molecule has 0 aromatic carbocycles. The van der Waals surface area contributed by atoms with E-state index < -0.39 is 11.7 Å². The summed E-state index contributed by atoms with van der Waals surface area (Å²) in [5.74, 6) is 0.555. The molecule has 3 N–H and O–H groups in total. The van der Waals surface area contributed by atoms with Gasteiger partial charge in [0.25, 0.3) is 0 Å². The molecule has 6 nitrogen and oxygen atoms in total. The molecule has 1 aliphatic rings. The van der Waals surface area contributed by atoms with Crippen LogP contribution in [-0.4, -0.2) is 62.5 Å². The van der Waals surface area contributed by atoms with E-state index in [1.165, 1.54) is 6.42 Å².